The Morgan fingerprint density at radius 2 is 2.05 bits per heavy atom. The number of aliphatic hydroxyl groups excluding tert-OH is 1. The van der Waals surface area contributed by atoms with Crippen molar-refractivity contribution in [1.82, 2.24) is 9.78 Å². The molecule has 1 heterocycles. The van der Waals surface area contributed by atoms with Crippen LogP contribution < -0.4 is 4.74 Å². The number of benzene rings is 1. The molecular weight excluding hydrogens is 240 g/mol. The zero-order valence-corrected chi connectivity index (χ0v) is 11.1. The minimum absolute atomic E-state index is 0.127. The number of aryl methyl sites for hydroxylation is 2. The highest BCUT2D eigenvalue weighted by molar-refractivity contribution is 5.38. The van der Waals surface area contributed by atoms with Crippen LogP contribution in [0.4, 0.5) is 0 Å². The molecule has 0 unspecified atom stereocenters. The number of hydrogen-bond acceptors (Lipinski definition) is 3. The van der Waals surface area contributed by atoms with Gasteiger partial charge in [0.05, 0.1) is 11.4 Å². The van der Waals surface area contributed by atoms with Crippen LogP contribution in [0.25, 0.3) is 0 Å². The average Bonchev–Trinajstić information content (AvgIpc) is 2.73. The van der Waals surface area contributed by atoms with Gasteiger partial charge in [-0.2, -0.15) is 5.10 Å². The van der Waals surface area contributed by atoms with Gasteiger partial charge in [0.15, 0.2) is 0 Å². The number of ether oxygens (including phenoxy) is 1. The molecule has 2 rings (SSSR count). The van der Waals surface area contributed by atoms with Crippen LogP contribution >= 0.6 is 0 Å². The second-order valence-electron chi connectivity index (χ2n) is 4.17. The highest BCUT2D eigenvalue weighted by Crippen LogP contribution is 2.14. The van der Waals surface area contributed by atoms with E-state index in [2.05, 4.69) is 16.9 Å². The predicted octanol–water partition coefficient (Wildman–Crippen LogP) is 1.65. The lowest BCUT2D eigenvalue weighted by Gasteiger charge is -2.06. The van der Waals surface area contributed by atoms with Gasteiger partial charge in [-0.05, 0) is 37.3 Å². The van der Waals surface area contributed by atoms with Gasteiger partial charge in [0.1, 0.15) is 19.0 Å². The van der Waals surface area contributed by atoms with E-state index in [9.17, 15) is 0 Å². The molecule has 0 aliphatic rings. The third-order valence-corrected chi connectivity index (χ3v) is 2.65. The van der Waals surface area contributed by atoms with E-state index in [1.807, 2.05) is 49.0 Å². The highest BCUT2D eigenvalue weighted by atomic mass is 16.5. The Morgan fingerprint density at radius 3 is 2.63 bits per heavy atom. The minimum atomic E-state index is -0.127. The molecule has 0 saturated heterocycles. The molecular formula is C15H16N2O2. The van der Waals surface area contributed by atoms with Crippen LogP contribution in [-0.4, -0.2) is 21.5 Å². The van der Waals surface area contributed by atoms with Crippen molar-refractivity contribution in [2.24, 2.45) is 7.05 Å². The molecule has 0 radical (unpaired) electrons. The lowest BCUT2D eigenvalue weighted by atomic mass is 10.2. The van der Waals surface area contributed by atoms with Crippen LogP contribution in [0.1, 0.15) is 17.0 Å². The molecule has 0 atom stereocenters. The Labute approximate surface area is 112 Å². The second kappa shape index (κ2) is 6.07. The molecule has 0 spiro atoms. The fourth-order valence-corrected chi connectivity index (χ4v) is 1.73. The molecule has 0 bridgehead atoms. The summed E-state index contributed by atoms with van der Waals surface area (Å²) >= 11 is 0. The summed E-state index contributed by atoms with van der Waals surface area (Å²) in [6.45, 7) is 2.31. The molecule has 0 aliphatic carbocycles. The summed E-state index contributed by atoms with van der Waals surface area (Å²) in [5.74, 6) is 6.23. The third-order valence-electron chi connectivity index (χ3n) is 2.65. The summed E-state index contributed by atoms with van der Waals surface area (Å²) in [5.41, 5.74) is 2.87. The van der Waals surface area contributed by atoms with Crippen molar-refractivity contribution < 1.29 is 9.84 Å². The Kier molecular flexibility index (Phi) is 4.22. The van der Waals surface area contributed by atoms with Gasteiger partial charge in [0.2, 0.25) is 0 Å². The maximum Gasteiger partial charge on any atom is 0.130 e. The van der Waals surface area contributed by atoms with Crippen LogP contribution in [0.5, 0.6) is 5.75 Å². The number of rotatable bonds is 3. The molecule has 2 aromatic rings. The smallest absolute Gasteiger partial charge is 0.130 e. The number of hydrogen-bond donors (Lipinski definition) is 1. The third kappa shape index (κ3) is 3.60. The maximum atomic E-state index is 8.61. The molecule has 0 saturated carbocycles. The standard InChI is InChI=1S/C15H16N2O2/c1-12-10-14(17(2)16-12)11-19-15-7-5-13(6-8-15)4-3-9-18/h5-8,10,18H,9,11H2,1-2H3. The SMILES string of the molecule is Cc1cc(COc2ccc(C#CCO)cc2)n(C)n1. The van der Waals surface area contributed by atoms with Crippen LogP contribution in [0.3, 0.4) is 0 Å². The molecule has 0 fully saturated rings. The van der Waals surface area contributed by atoms with E-state index < -0.39 is 0 Å². The van der Waals surface area contributed by atoms with Crippen LogP contribution in [0, 0.1) is 18.8 Å². The molecule has 98 valence electrons. The van der Waals surface area contributed by atoms with Crippen molar-refractivity contribution in [3.05, 3.63) is 47.3 Å². The van der Waals surface area contributed by atoms with Gasteiger partial charge in [-0.1, -0.05) is 11.8 Å². The van der Waals surface area contributed by atoms with E-state index in [0.717, 1.165) is 22.7 Å². The first-order chi connectivity index (χ1) is 9.19. The highest BCUT2D eigenvalue weighted by Gasteiger charge is 2.02. The Hall–Kier alpha value is -2.25. The maximum absolute atomic E-state index is 8.61. The average molecular weight is 256 g/mol. The molecule has 1 aromatic heterocycles. The van der Waals surface area contributed by atoms with E-state index in [0.29, 0.717) is 6.61 Å². The van der Waals surface area contributed by atoms with Gasteiger partial charge >= 0.3 is 0 Å². The Bertz CT molecular complexity index is 603. The largest absolute Gasteiger partial charge is 0.487 e. The van der Waals surface area contributed by atoms with Crippen LogP contribution in [-0.2, 0) is 13.7 Å². The summed E-state index contributed by atoms with van der Waals surface area (Å²) in [4.78, 5) is 0. The summed E-state index contributed by atoms with van der Waals surface area (Å²) in [6.07, 6.45) is 0. The van der Waals surface area contributed by atoms with Crippen molar-refractivity contribution in [2.75, 3.05) is 6.61 Å². The van der Waals surface area contributed by atoms with Gasteiger partial charge in [0.25, 0.3) is 0 Å². The summed E-state index contributed by atoms with van der Waals surface area (Å²) < 4.78 is 7.50. The van der Waals surface area contributed by atoms with Gasteiger partial charge in [-0.15, -0.1) is 0 Å². The quantitative estimate of drug-likeness (QED) is 0.849. The first-order valence-electron chi connectivity index (χ1n) is 6.01. The van der Waals surface area contributed by atoms with E-state index >= 15 is 0 Å². The number of aliphatic hydroxyl groups is 1. The van der Waals surface area contributed by atoms with E-state index in [-0.39, 0.29) is 6.61 Å². The molecule has 1 N–H and O–H groups in total. The van der Waals surface area contributed by atoms with Crippen LogP contribution in [0.2, 0.25) is 0 Å². The van der Waals surface area contributed by atoms with E-state index in [1.54, 1.807) is 0 Å². The van der Waals surface area contributed by atoms with Crippen molar-refractivity contribution in [3.63, 3.8) is 0 Å². The number of aromatic nitrogens is 2. The van der Waals surface area contributed by atoms with Gasteiger partial charge < -0.3 is 9.84 Å². The van der Waals surface area contributed by atoms with Crippen molar-refractivity contribution in [3.8, 4) is 17.6 Å². The lowest BCUT2D eigenvalue weighted by molar-refractivity contribution is 0.295. The first-order valence-corrected chi connectivity index (χ1v) is 6.01. The van der Waals surface area contributed by atoms with Gasteiger partial charge in [0, 0.05) is 12.6 Å². The zero-order chi connectivity index (χ0) is 13.7. The van der Waals surface area contributed by atoms with Gasteiger partial charge in [-0.3, -0.25) is 4.68 Å². The van der Waals surface area contributed by atoms with E-state index in [1.165, 1.54) is 0 Å². The zero-order valence-electron chi connectivity index (χ0n) is 11.1. The van der Waals surface area contributed by atoms with Gasteiger partial charge in [-0.25, -0.2) is 0 Å². The fraction of sp³-hybridized carbons (Fsp3) is 0.267. The topological polar surface area (TPSA) is 47.3 Å². The monoisotopic (exact) mass is 256 g/mol. The summed E-state index contributed by atoms with van der Waals surface area (Å²) in [5, 5.41) is 12.9. The second-order valence-corrected chi connectivity index (χ2v) is 4.17. The predicted molar refractivity (Wildman–Crippen MR) is 72.7 cm³/mol. The molecule has 0 aliphatic heterocycles. The van der Waals surface area contributed by atoms with Crippen molar-refractivity contribution >= 4 is 0 Å². The number of nitrogens with zero attached hydrogens (tertiary/aromatic N) is 2. The summed E-state index contributed by atoms with van der Waals surface area (Å²) in [6, 6.07) is 9.47. The molecule has 0 amide bonds. The Morgan fingerprint density at radius 1 is 1.32 bits per heavy atom. The van der Waals surface area contributed by atoms with Crippen LogP contribution in [0.15, 0.2) is 30.3 Å². The fourth-order valence-electron chi connectivity index (χ4n) is 1.73. The van der Waals surface area contributed by atoms with Crippen molar-refractivity contribution in [2.45, 2.75) is 13.5 Å². The van der Waals surface area contributed by atoms with E-state index in [4.69, 9.17) is 9.84 Å². The molecule has 4 heteroatoms. The normalized spacial score (nSPS) is 9.84. The first kappa shape index (κ1) is 13.2. The molecule has 1 aromatic carbocycles. The molecule has 19 heavy (non-hydrogen) atoms. The Balaban J connectivity index is 1.98. The minimum Gasteiger partial charge on any atom is -0.487 e. The lowest BCUT2D eigenvalue weighted by Crippen LogP contribution is -2.02. The van der Waals surface area contributed by atoms with Crippen molar-refractivity contribution in [1.29, 1.82) is 0 Å². The molecule has 4 nitrogen and oxygen atoms in total. The summed E-state index contributed by atoms with van der Waals surface area (Å²) in [7, 11) is 1.90.